The van der Waals surface area contributed by atoms with Crippen LogP contribution in [0.1, 0.15) is 11.1 Å². The fraction of sp³-hybridized carbons (Fsp3) is 0.118. The minimum atomic E-state index is -0.455. The van der Waals surface area contributed by atoms with Gasteiger partial charge in [-0.25, -0.2) is 4.39 Å². The number of benzene rings is 2. The number of carbonyl (C=O) groups is 1. The second-order valence-corrected chi connectivity index (χ2v) is 4.58. The van der Waals surface area contributed by atoms with Gasteiger partial charge in [0.15, 0.2) is 0 Å². The number of carbonyl (C=O) groups excluding carboxylic acids is 1. The van der Waals surface area contributed by atoms with Crippen LogP contribution in [0.25, 0.3) is 6.08 Å². The standard InChI is InChI=1S/C17H16FNO2/c1-12-6-8-15(18)16(10-12)19-17(20)9-7-13-4-3-5-14(11-13)21-2/h3-11H,1-2H3,(H,19,20)/b9-7+. The van der Waals surface area contributed by atoms with Crippen molar-refractivity contribution in [3.8, 4) is 5.75 Å². The second kappa shape index (κ2) is 6.70. The van der Waals surface area contributed by atoms with Crippen molar-refractivity contribution in [1.82, 2.24) is 0 Å². The van der Waals surface area contributed by atoms with E-state index in [1.54, 1.807) is 31.4 Å². The highest BCUT2D eigenvalue weighted by Gasteiger charge is 2.04. The van der Waals surface area contributed by atoms with Crippen LogP contribution in [0.3, 0.4) is 0 Å². The first kappa shape index (κ1) is 14.8. The third-order valence-electron chi connectivity index (χ3n) is 2.90. The number of halogens is 1. The molecule has 0 heterocycles. The molecule has 0 aromatic heterocycles. The topological polar surface area (TPSA) is 38.3 Å². The van der Waals surface area contributed by atoms with Crippen molar-refractivity contribution < 1.29 is 13.9 Å². The Labute approximate surface area is 123 Å². The van der Waals surface area contributed by atoms with Gasteiger partial charge in [-0.05, 0) is 48.4 Å². The Bertz CT molecular complexity index is 680. The van der Waals surface area contributed by atoms with Crippen molar-refractivity contribution in [2.75, 3.05) is 12.4 Å². The van der Waals surface area contributed by atoms with Gasteiger partial charge in [0.25, 0.3) is 0 Å². The summed E-state index contributed by atoms with van der Waals surface area (Å²) in [6, 6.07) is 11.9. The van der Waals surface area contributed by atoms with E-state index < -0.39 is 5.82 Å². The molecule has 1 N–H and O–H groups in total. The Morgan fingerprint density at radius 3 is 2.81 bits per heavy atom. The average molecular weight is 285 g/mol. The number of nitrogens with one attached hydrogen (secondary N) is 1. The van der Waals surface area contributed by atoms with E-state index in [4.69, 9.17) is 4.74 Å². The summed E-state index contributed by atoms with van der Waals surface area (Å²) in [6.07, 6.45) is 3.00. The molecule has 0 aliphatic heterocycles. The molecule has 0 aliphatic carbocycles. The molecular weight excluding hydrogens is 269 g/mol. The van der Waals surface area contributed by atoms with Gasteiger partial charge in [-0.1, -0.05) is 18.2 Å². The Hall–Kier alpha value is -2.62. The Morgan fingerprint density at radius 2 is 2.05 bits per heavy atom. The van der Waals surface area contributed by atoms with Crippen LogP contribution in [-0.2, 0) is 4.79 Å². The first-order valence-corrected chi connectivity index (χ1v) is 6.48. The summed E-state index contributed by atoms with van der Waals surface area (Å²) in [7, 11) is 1.58. The Balaban J connectivity index is 2.07. The molecule has 2 aromatic carbocycles. The second-order valence-electron chi connectivity index (χ2n) is 4.58. The summed E-state index contributed by atoms with van der Waals surface area (Å²) >= 11 is 0. The molecule has 4 heteroatoms. The van der Waals surface area contributed by atoms with Gasteiger partial charge >= 0.3 is 0 Å². The minimum Gasteiger partial charge on any atom is -0.497 e. The number of rotatable bonds is 4. The van der Waals surface area contributed by atoms with Crippen molar-refractivity contribution in [1.29, 1.82) is 0 Å². The van der Waals surface area contributed by atoms with Crippen molar-refractivity contribution >= 4 is 17.7 Å². The lowest BCUT2D eigenvalue weighted by atomic mass is 10.2. The maximum atomic E-state index is 13.5. The van der Waals surface area contributed by atoms with Gasteiger partial charge in [-0.15, -0.1) is 0 Å². The number of ether oxygens (including phenoxy) is 1. The first-order valence-electron chi connectivity index (χ1n) is 6.48. The van der Waals surface area contributed by atoms with Gasteiger partial charge < -0.3 is 10.1 Å². The summed E-state index contributed by atoms with van der Waals surface area (Å²) in [5.41, 5.74) is 1.88. The van der Waals surface area contributed by atoms with E-state index in [9.17, 15) is 9.18 Å². The third-order valence-corrected chi connectivity index (χ3v) is 2.90. The van der Waals surface area contributed by atoms with Gasteiger partial charge in [0.2, 0.25) is 5.91 Å². The van der Waals surface area contributed by atoms with Crippen LogP contribution in [0.4, 0.5) is 10.1 Å². The maximum Gasteiger partial charge on any atom is 0.248 e. The molecule has 21 heavy (non-hydrogen) atoms. The smallest absolute Gasteiger partial charge is 0.248 e. The predicted octanol–water partition coefficient (Wildman–Crippen LogP) is 3.79. The predicted molar refractivity (Wildman–Crippen MR) is 81.8 cm³/mol. The van der Waals surface area contributed by atoms with Gasteiger partial charge in [-0.2, -0.15) is 0 Å². The molecule has 0 fully saturated rings. The number of amides is 1. The molecule has 0 radical (unpaired) electrons. The van der Waals surface area contributed by atoms with E-state index in [1.807, 2.05) is 25.1 Å². The number of methoxy groups -OCH3 is 1. The molecule has 0 aliphatic rings. The summed E-state index contributed by atoms with van der Waals surface area (Å²) in [5, 5.41) is 2.52. The molecule has 0 bridgehead atoms. The van der Waals surface area contributed by atoms with Gasteiger partial charge in [0, 0.05) is 6.08 Å². The molecule has 0 saturated carbocycles. The minimum absolute atomic E-state index is 0.176. The van der Waals surface area contributed by atoms with E-state index in [0.29, 0.717) is 5.75 Å². The van der Waals surface area contributed by atoms with Crippen molar-refractivity contribution in [3.05, 3.63) is 65.5 Å². The highest BCUT2D eigenvalue weighted by molar-refractivity contribution is 6.02. The molecule has 2 rings (SSSR count). The highest BCUT2D eigenvalue weighted by Crippen LogP contribution is 2.16. The van der Waals surface area contributed by atoms with Gasteiger partial charge in [0.1, 0.15) is 11.6 Å². The molecule has 3 nitrogen and oxygen atoms in total. The van der Waals surface area contributed by atoms with Crippen molar-refractivity contribution in [3.63, 3.8) is 0 Å². The lowest BCUT2D eigenvalue weighted by Crippen LogP contribution is -2.09. The van der Waals surface area contributed by atoms with Crippen molar-refractivity contribution in [2.45, 2.75) is 6.92 Å². The fourth-order valence-electron chi connectivity index (χ4n) is 1.83. The number of hydrogen-bond acceptors (Lipinski definition) is 2. The monoisotopic (exact) mass is 285 g/mol. The summed E-state index contributed by atoms with van der Waals surface area (Å²) in [5.74, 6) is -0.131. The quantitative estimate of drug-likeness (QED) is 0.868. The summed E-state index contributed by atoms with van der Waals surface area (Å²) in [6.45, 7) is 1.83. The van der Waals surface area contributed by atoms with Crippen LogP contribution in [0.15, 0.2) is 48.5 Å². The molecule has 108 valence electrons. The Morgan fingerprint density at radius 1 is 1.24 bits per heavy atom. The summed E-state index contributed by atoms with van der Waals surface area (Å²) in [4.78, 5) is 11.8. The zero-order valence-corrected chi connectivity index (χ0v) is 11.9. The van der Waals surface area contributed by atoms with E-state index in [1.165, 1.54) is 12.1 Å². The number of aryl methyl sites for hydroxylation is 1. The first-order chi connectivity index (χ1) is 10.1. The number of hydrogen-bond donors (Lipinski definition) is 1. The normalized spacial score (nSPS) is 10.6. The van der Waals surface area contributed by atoms with E-state index in [2.05, 4.69) is 5.32 Å². The van der Waals surface area contributed by atoms with Crippen molar-refractivity contribution in [2.24, 2.45) is 0 Å². The number of anilines is 1. The fourth-order valence-corrected chi connectivity index (χ4v) is 1.83. The lowest BCUT2D eigenvalue weighted by molar-refractivity contribution is -0.111. The Kier molecular flexibility index (Phi) is 4.72. The zero-order valence-electron chi connectivity index (χ0n) is 11.9. The van der Waals surface area contributed by atoms with Crippen LogP contribution in [0, 0.1) is 12.7 Å². The molecule has 0 spiro atoms. The largest absolute Gasteiger partial charge is 0.497 e. The van der Waals surface area contributed by atoms with E-state index >= 15 is 0 Å². The molecular formula is C17H16FNO2. The highest BCUT2D eigenvalue weighted by atomic mass is 19.1. The maximum absolute atomic E-state index is 13.5. The third kappa shape index (κ3) is 4.18. The molecule has 0 saturated heterocycles. The molecule has 2 aromatic rings. The van der Waals surface area contributed by atoms with Gasteiger partial charge in [-0.3, -0.25) is 4.79 Å². The van der Waals surface area contributed by atoms with E-state index in [0.717, 1.165) is 11.1 Å². The molecule has 0 unspecified atom stereocenters. The molecule has 0 atom stereocenters. The average Bonchev–Trinajstić information content (AvgIpc) is 2.49. The zero-order chi connectivity index (χ0) is 15.2. The SMILES string of the molecule is COc1cccc(/C=C/C(=O)Nc2cc(C)ccc2F)c1. The molecule has 1 amide bonds. The summed E-state index contributed by atoms with van der Waals surface area (Å²) < 4.78 is 18.6. The van der Waals surface area contributed by atoms with Crippen LogP contribution >= 0.6 is 0 Å². The van der Waals surface area contributed by atoms with Crippen LogP contribution in [-0.4, -0.2) is 13.0 Å². The van der Waals surface area contributed by atoms with Crippen LogP contribution in [0.2, 0.25) is 0 Å². The lowest BCUT2D eigenvalue weighted by Gasteiger charge is -2.05. The van der Waals surface area contributed by atoms with Gasteiger partial charge in [0.05, 0.1) is 12.8 Å². The van der Waals surface area contributed by atoms with Crippen LogP contribution in [0.5, 0.6) is 5.75 Å². The van der Waals surface area contributed by atoms with E-state index in [-0.39, 0.29) is 11.6 Å². The van der Waals surface area contributed by atoms with Crippen LogP contribution < -0.4 is 10.1 Å².